The van der Waals surface area contributed by atoms with E-state index in [2.05, 4.69) is 45.9 Å². The van der Waals surface area contributed by atoms with E-state index in [-0.39, 0.29) is 0 Å². The van der Waals surface area contributed by atoms with Gasteiger partial charge in [-0.3, -0.25) is 4.90 Å². The Morgan fingerprint density at radius 2 is 1.59 bits per heavy atom. The Morgan fingerprint density at radius 3 is 2.44 bits per heavy atom. The van der Waals surface area contributed by atoms with Gasteiger partial charge in [0, 0.05) is 31.1 Å². The summed E-state index contributed by atoms with van der Waals surface area (Å²) < 4.78 is 0. The van der Waals surface area contributed by atoms with E-state index in [0.29, 0.717) is 0 Å². The van der Waals surface area contributed by atoms with Gasteiger partial charge in [0.15, 0.2) is 0 Å². The molecule has 2 heterocycles. The summed E-state index contributed by atoms with van der Waals surface area (Å²) in [4.78, 5) is 5.34. The molecule has 27 heavy (non-hydrogen) atoms. The maximum atomic E-state index is 3.38. The van der Waals surface area contributed by atoms with Crippen molar-refractivity contribution in [2.24, 2.45) is 5.92 Å². The van der Waals surface area contributed by atoms with Gasteiger partial charge in [0.05, 0.1) is 0 Å². The first-order chi connectivity index (χ1) is 13.4. The molecule has 0 aromatic heterocycles. The molecule has 0 bridgehead atoms. The maximum Gasteiger partial charge on any atom is 0.0245 e. The molecule has 2 aliphatic heterocycles. The van der Waals surface area contributed by atoms with Crippen LogP contribution in [0, 0.1) is 17.8 Å². The Labute approximate surface area is 166 Å². The fourth-order valence-electron chi connectivity index (χ4n) is 5.41. The van der Waals surface area contributed by atoms with Crippen LogP contribution < -0.4 is 0 Å². The van der Waals surface area contributed by atoms with Crippen molar-refractivity contribution in [3.05, 3.63) is 35.4 Å². The van der Waals surface area contributed by atoms with E-state index in [4.69, 9.17) is 0 Å². The fourth-order valence-corrected chi connectivity index (χ4v) is 5.41. The van der Waals surface area contributed by atoms with Crippen LogP contribution in [0.4, 0.5) is 0 Å². The van der Waals surface area contributed by atoms with Gasteiger partial charge in [0.2, 0.25) is 0 Å². The molecular formula is C25H36N2. The summed E-state index contributed by atoms with van der Waals surface area (Å²) in [6.07, 6.45) is 13.8. The predicted molar refractivity (Wildman–Crippen MR) is 114 cm³/mol. The molecule has 3 fully saturated rings. The van der Waals surface area contributed by atoms with Gasteiger partial charge in [-0.15, -0.1) is 0 Å². The van der Waals surface area contributed by atoms with Gasteiger partial charge in [-0.05, 0) is 81.8 Å². The quantitative estimate of drug-likeness (QED) is 0.688. The third-order valence-electron chi connectivity index (χ3n) is 6.93. The summed E-state index contributed by atoms with van der Waals surface area (Å²) >= 11 is 0. The molecule has 2 atom stereocenters. The van der Waals surface area contributed by atoms with Crippen molar-refractivity contribution in [3.8, 4) is 11.8 Å². The molecule has 1 aliphatic carbocycles. The lowest BCUT2D eigenvalue weighted by Crippen LogP contribution is -2.46. The average molecular weight is 365 g/mol. The lowest BCUT2D eigenvalue weighted by Gasteiger charge is -2.44. The number of likely N-dealkylation sites (tertiary alicyclic amines) is 2. The number of nitrogens with zero attached hydrogens (tertiary/aromatic N) is 2. The third-order valence-corrected chi connectivity index (χ3v) is 6.93. The van der Waals surface area contributed by atoms with E-state index in [0.717, 1.165) is 31.5 Å². The highest BCUT2D eigenvalue weighted by Gasteiger charge is 2.32. The van der Waals surface area contributed by atoms with Gasteiger partial charge in [0.1, 0.15) is 0 Å². The molecule has 1 aromatic rings. The summed E-state index contributed by atoms with van der Waals surface area (Å²) in [6.45, 7) is 6.11. The molecule has 3 aliphatic rings. The van der Waals surface area contributed by atoms with Gasteiger partial charge in [0.25, 0.3) is 0 Å². The first-order valence-electron chi connectivity index (χ1n) is 11.4. The normalized spacial score (nSPS) is 26.8. The second-order valence-corrected chi connectivity index (χ2v) is 8.88. The SMILES string of the molecule is C(#Cc1ccc(CN2CCCC3CCCCC32)cc1)CCN1CCCCC1. The van der Waals surface area contributed by atoms with Gasteiger partial charge >= 0.3 is 0 Å². The summed E-state index contributed by atoms with van der Waals surface area (Å²) in [5.41, 5.74) is 2.63. The lowest BCUT2D eigenvalue weighted by molar-refractivity contribution is 0.0547. The zero-order valence-electron chi connectivity index (χ0n) is 17.0. The van der Waals surface area contributed by atoms with Crippen LogP contribution in [0.3, 0.4) is 0 Å². The van der Waals surface area contributed by atoms with Crippen molar-refractivity contribution in [1.82, 2.24) is 9.80 Å². The number of piperidine rings is 2. The van der Waals surface area contributed by atoms with E-state index in [1.54, 1.807) is 0 Å². The Hall–Kier alpha value is -1.30. The molecule has 146 valence electrons. The molecule has 2 heteroatoms. The van der Waals surface area contributed by atoms with Crippen molar-refractivity contribution in [2.75, 3.05) is 26.2 Å². The van der Waals surface area contributed by atoms with Crippen molar-refractivity contribution < 1.29 is 0 Å². The molecular weight excluding hydrogens is 328 g/mol. The largest absolute Gasteiger partial charge is 0.302 e. The highest BCUT2D eigenvalue weighted by Crippen LogP contribution is 2.35. The number of hydrogen-bond acceptors (Lipinski definition) is 2. The second kappa shape index (κ2) is 9.76. The van der Waals surface area contributed by atoms with E-state index >= 15 is 0 Å². The van der Waals surface area contributed by atoms with Crippen LogP contribution in [-0.2, 0) is 6.54 Å². The topological polar surface area (TPSA) is 6.48 Å². The van der Waals surface area contributed by atoms with Crippen LogP contribution >= 0.6 is 0 Å². The molecule has 2 nitrogen and oxygen atoms in total. The molecule has 2 saturated heterocycles. The van der Waals surface area contributed by atoms with Crippen LogP contribution in [-0.4, -0.2) is 42.0 Å². The minimum Gasteiger partial charge on any atom is -0.302 e. The third kappa shape index (κ3) is 5.37. The zero-order valence-corrected chi connectivity index (χ0v) is 17.0. The Kier molecular flexibility index (Phi) is 6.88. The molecule has 4 rings (SSSR count). The van der Waals surface area contributed by atoms with Gasteiger partial charge in [-0.25, -0.2) is 0 Å². The summed E-state index contributed by atoms with van der Waals surface area (Å²) in [6, 6.07) is 9.92. The van der Waals surface area contributed by atoms with Crippen LogP contribution in [0.25, 0.3) is 0 Å². The number of hydrogen-bond donors (Lipinski definition) is 0. The van der Waals surface area contributed by atoms with E-state index in [9.17, 15) is 0 Å². The maximum absolute atomic E-state index is 3.38. The zero-order chi connectivity index (χ0) is 18.3. The first-order valence-corrected chi connectivity index (χ1v) is 11.4. The second-order valence-electron chi connectivity index (χ2n) is 8.88. The van der Waals surface area contributed by atoms with Gasteiger partial charge in [-0.1, -0.05) is 43.2 Å². The minimum atomic E-state index is 0.849. The minimum absolute atomic E-state index is 0.849. The number of rotatable bonds is 4. The number of benzene rings is 1. The molecule has 2 unspecified atom stereocenters. The first kappa shape index (κ1) is 19.0. The summed E-state index contributed by atoms with van der Waals surface area (Å²) in [5.74, 6) is 7.72. The highest BCUT2D eigenvalue weighted by molar-refractivity contribution is 5.36. The fraction of sp³-hybridized carbons (Fsp3) is 0.680. The Bertz CT molecular complexity index is 631. The van der Waals surface area contributed by atoms with Crippen LogP contribution in [0.5, 0.6) is 0 Å². The van der Waals surface area contributed by atoms with Gasteiger partial charge in [-0.2, -0.15) is 0 Å². The summed E-state index contributed by atoms with van der Waals surface area (Å²) in [7, 11) is 0. The van der Waals surface area contributed by atoms with Crippen LogP contribution in [0.15, 0.2) is 24.3 Å². The predicted octanol–water partition coefficient (Wildman–Crippen LogP) is 5.07. The van der Waals surface area contributed by atoms with E-state index in [1.165, 1.54) is 88.5 Å². The molecule has 0 spiro atoms. The molecule has 1 saturated carbocycles. The molecule has 0 radical (unpaired) electrons. The van der Waals surface area contributed by atoms with E-state index < -0.39 is 0 Å². The van der Waals surface area contributed by atoms with Crippen LogP contribution in [0.1, 0.15) is 75.3 Å². The standard InChI is InChI=1S/C25H36N2/c1-5-17-26(18-6-1)19-7-4-9-22-13-15-23(16-14-22)21-27-20-8-11-24-10-2-3-12-25(24)27/h13-16,24-25H,1-3,5-8,10-12,17-21H2. The Balaban J connectivity index is 1.27. The Morgan fingerprint density at radius 1 is 0.815 bits per heavy atom. The number of fused-ring (bicyclic) bond motifs is 1. The lowest BCUT2D eigenvalue weighted by atomic mass is 9.78. The van der Waals surface area contributed by atoms with Crippen LogP contribution in [0.2, 0.25) is 0 Å². The average Bonchev–Trinajstić information content (AvgIpc) is 2.73. The van der Waals surface area contributed by atoms with Crippen molar-refractivity contribution in [1.29, 1.82) is 0 Å². The highest BCUT2D eigenvalue weighted by atomic mass is 15.2. The molecule has 0 N–H and O–H groups in total. The molecule has 0 amide bonds. The van der Waals surface area contributed by atoms with E-state index in [1.807, 2.05) is 0 Å². The van der Waals surface area contributed by atoms with Crippen molar-refractivity contribution >= 4 is 0 Å². The molecule has 1 aromatic carbocycles. The monoisotopic (exact) mass is 364 g/mol. The smallest absolute Gasteiger partial charge is 0.0245 e. The summed E-state index contributed by atoms with van der Waals surface area (Å²) in [5, 5.41) is 0. The van der Waals surface area contributed by atoms with Crippen molar-refractivity contribution in [3.63, 3.8) is 0 Å². The van der Waals surface area contributed by atoms with Gasteiger partial charge < -0.3 is 4.90 Å². The van der Waals surface area contributed by atoms with Crippen molar-refractivity contribution in [2.45, 2.75) is 76.8 Å².